The summed E-state index contributed by atoms with van der Waals surface area (Å²) in [6, 6.07) is -2.55. The Balaban J connectivity index is 2.76. The smallest absolute Gasteiger partial charge is 0.308 e. The minimum absolute atomic E-state index is 0.00724. The standard InChI is InChI=1S/C68H100N4O14/c1-5-9-13-17-21-25-29-33-37-51-81-61(73)41-45-71(46-42-62(74)82-52-38-34-30-26-22-18-14-10-6-2)49-55-85-65(77)57-59-67(79)70-60(68(80)69-59)58-66(78)86-56-50-72(47-43-63(75)83-53-39-35-31-27-23-19-15-11-7-3)48-44-64(76)84-54-40-36-32-28-24-20-16-12-8-4/h9-16,21-28,33-40,59-60H,5-8,17-20,29-32,41-58H2,1-4H3,(H,69,80)(H,70,79)/b13-9-,14-10-,15-11-,16-12-,25-21-,26-22-,27-23-,28-24-,37-33-,38-34-,39-35-,40-36-. The number of carbonyl (C=O) groups is 8. The van der Waals surface area contributed by atoms with Crippen LogP contribution in [0.4, 0.5) is 0 Å². The number of nitrogens with zero attached hydrogens (tertiary/aromatic N) is 2. The third kappa shape index (κ3) is 46.9. The Morgan fingerprint density at radius 1 is 0.314 bits per heavy atom. The van der Waals surface area contributed by atoms with E-state index in [0.717, 1.165) is 51.4 Å². The van der Waals surface area contributed by atoms with Crippen LogP contribution < -0.4 is 10.6 Å². The highest BCUT2D eigenvalue weighted by molar-refractivity contribution is 6.00. The Morgan fingerprint density at radius 2 is 0.535 bits per heavy atom. The zero-order valence-corrected chi connectivity index (χ0v) is 51.8. The third-order valence-corrected chi connectivity index (χ3v) is 12.4. The van der Waals surface area contributed by atoms with E-state index in [2.05, 4.69) is 111 Å². The Hall–Kier alpha value is -7.44. The van der Waals surface area contributed by atoms with Crippen LogP contribution in [0.5, 0.6) is 0 Å². The van der Waals surface area contributed by atoms with E-state index in [4.69, 9.17) is 28.4 Å². The maximum atomic E-state index is 13.1. The van der Waals surface area contributed by atoms with Crippen LogP contribution in [0.15, 0.2) is 146 Å². The first-order valence-corrected chi connectivity index (χ1v) is 30.7. The molecule has 0 radical (unpaired) electrons. The topological polar surface area (TPSA) is 222 Å². The van der Waals surface area contributed by atoms with E-state index >= 15 is 0 Å². The van der Waals surface area contributed by atoms with E-state index in [9.17, 15) is 38.4 Å². The number of allylic oxidation sites excluding steroid dienone is 20. The quantitative estimate of drug-likeness (QED) is 0.0328. The second-order valence-electron chi connectivity index (χ2n) is 19.6. The van der Waals surface area contributed by atoms with Gasteiger partial charge in [0.05, 0.1) is 38.5 Å². The second-order valence-corrected chi connectivity index (χ2v) is 19.6. The van der Waals surface area contributed by atoms with Crippen LogP contribution in [0.3, 0.4) is 0 Å². The average Bonchev–Trinajstić information content (AvgIpc) is 3.68. The van der Waals surface area contributed by atoms with E-state index in [1.165, 1.54) is 0 Å². The highest BCUT2D eigenvalue weighted by atomic mass is 16.6. The van der Waals surface area contributed by atoms with Crippen molar-refractivity contribution in [1.82, 2.24) is 20.4 Å². The molecule has 0 aromatic heterocycles. The fourth-order valence-corrected chi connectivity index (χ4v) is 7.62. The van der Waals surface area contributed by atoms with Crippen molar-refractivity contribution in [3.63, 3.8) is 0 Å². The second kappa shape index (κ2) is 55.4. The van der Waals surface area contributed by atoms with Gasteiger partial charge in [-0.15, -0.1) is 0 Å². The molecule has 1 aliphatic heterocycles. The van der Waals surface area contributed by atoms with Crippen molar-refractivity contribution in [3.05, 3.63) is 146 Å². The van der Waals surface area contributed by atoms with Crippen LogP contribution in [0.25, 0.3) is 0 Å². The molecule has 1 saturated heterocycles. The van der Waals surface area contributed by atoms with Crippen molar-refractivity contribution in [3.8, 4) is 0 Å². The molecule has 476 valence electrons. The molecule has 18 heteroatoms. The summed E-state index contributed by atoms with van der Waals surface area (Å²) in [6.45, 7) is 9.51. The van der Waals surface area contributed by atoms with Gasteiger partial charge in [0.25, 0.3) is 0 Å². The molecule has 2 atom stereocenters. The fraction of sp³-hybridized carbons (Fsp3) is 0.529. The van der Waals surface area contributed by atoms with Gasteiger partial charge >= 0.3 is 35.8 Å². The highest BCUT2D eigenvalue weighted by Crippen LogP contribution is 2.09. The van der Waals surface area contributed by atoms with Crippen LogP contribution in [0, 0.1) is 0 Å². The Kier molecular flexibility index (Phi) is 49.4. The van der Waals surface area contributed by atoms with Gasteiger partial charge in [0.1, 0.15) is 51.7 Å². The van der Waals surface area contributed by atoms with Gasteiger partial charge in [-0.3, -0.25) is 48.2 Å². The van der Waals surface area contributed by atoms with Crippen molar-refractivity contribution >= 4 is 47.6 Å². The lowest BCUT2D eigenvalue weighted by molar-refractivity contribution is -0.151. The highest BCUT2D eigenvalue weighted by Gasteiger charge is 2.36. The maximum absolute atomic E-state index is 13.1. The van der Waals surface area contributed by atoms with Crippen molar-refractivity contribution < 1.29 is 66.8 Å². The summed E-state index contributed by atoms with van der Waals surface area (Å²) in [4.78, 5) is 106. The molecule has 1 fully saturated rings. The summed E-state index contributed by atoms with van der Waals surface area (Å²) in [7, 11) is 0. The van der Waals surface area contributed by atoms with Crippen LogP contribution >= 0.6 is 0 Å². The largest absolute Gasteiger partial charge is 0.464 e. The Bertz CT molecular complexity index is 2030. The number of nitrogens with one attached hydrogen (secondary N) is 2. The molecular formula is C68H100N4O14. The number of ether oxygens (including phenoxy) is 6. The summed E-state index contributed by atoms with van der Waals surface area (Å²) in [6.07, 6.45) is 57.2. The van der Waals surface area contributed by atoms with E-state index < -0.39 is 72.6 Å². The molecule has 1 aliphatic rings. The molecule has 0 spiro atoms. The van der Waals surface area contributed by atoms with Crippen molar-refractivity contribution in [2.24, 2.45) is 0 Å². The van der Waals surface area contributed by atoms with Crippen LogP contribution in [-0.4, -0.2) is 148 Å². The van der Waals surface area contributed by atoms with E-state index in [1.807, 2.05) is 48.6 Å². The zero-order valence-electron chi connectivity index (χ0n) is 51.8. The van der Waals surface area contributed by atoms with E-state index in [-0.39, 0.29) is 105 Å². The average molecular weight is 1200 g/mol. The van der Waals surface area contributed by atoms with Gasteiger partial charge in [-0.2, -0.15) is 0 Å². The minimum Gasteiger partial charge on any atom is -0.464 e. The first kappa shape index (κ1) is 76.6. The molecule has 2 amide bonds. The first-order chi connectivity index (χ1) is 41.9. The number of rotatable bonds is 50. The van der Waals surface area contributed by atoms with Gasteiger partial charge in [-0.25, -0.2) is 0 Å². The van der Waals surface area contributed by atoms with Crippen LogP contribution in [-0.2, 0) is 66.8 Å². The van der Waals surface area contributed by atoms with Gasteiger partial charge in [0.15, 0.2) is 0 Å². The lowest BCUT2D eigenvalue weighted by Crippen LogP contribution is -2.62. The zero-order chi connectivity index (χ0) is 62.8. The molecule has 0 aromatic carbocycles. The summed E-state index contributed by atoms with van der Waals surface area (Å²) >= 11 is 0. The molecule has 1 rings (SSSR count). The predicted octanol–water partition coefficient (Wildman–Crippen LogP) is 10.6. The Labute approximate surface area is 513 Å². The molecule has 0 aromatic rings. The van der Waals surface area contributed by atoms with Gasteiger partial charge in [0, 0.05) is 39.3 Å². The number of esters is 6. The first-order valence-electron chi connectivity index (χ1n) is 30.7. The molecule has 0 bridgehead atoms. The van der Waals surface area contributed by atoms with Crippen molar-refractivity contribution in [2.45, 2.75) is 155 Å². The lowest BCUT2D eigenvalue weighted by atomic mass is 10.1. The molecule has 0 saturated carbocycles. The molecule has 2 unspecified atom stereocenters. The normalized spacial score (nSPS) is 15.1. The lowest BCUT2D eigenvalue weighted by Gasteiger charge is -2.29. The summed E-state index contributed by atoms with van der Waals surface area (Å²) < 4.78 is 32.3. The number of carbonyl (C=O) groups excluding carboxylic acids is 8. The Morgan fingerprint density at radius 3 is 0.767 bits per heavy atom. The van der Waals surface area contributed by atoms with Crippen LogP contribution in [0.2, 0.25) is 0 Å². The fourth-order valence-electron chi connectivity index (χ4n) is 7.62. The number of amides is 2. The molecule has 18 nitrogen and oxygen atoms in total. The predicted molar refractivity (Wildman–Crippen MR) is 338 cm³/mol. The number of piperazine rings is 1. The van der Waals surface area contributed by atoms with E-state index in [0.29, 0.717) is 25.7 Å². The van der Waals surface area contributed by atoms with Crippen molar-refractivity contribution in [2.75, 3.05) is 78.9 Å². The maximum Gasteiger partial charge on any atom is 0.308 e. The molecule has 1 heterocycles. The molecule has 86 heavy (non-hydrogen) atoms. The number of hydrogen-bond acceptors (Lipinski definition) is 16. The van der Waals surface area contributed by atoms with Gasteiger partial charge in [-0.1, -0.05) is 174 Å². The summed E-state index contributed by atoms with van der Waals surface area (Å²) in [5.41, 5.74) is 0. The van der Waals surface area contributed by atoms with Crippen LogP contribution in [0.1, 0.15) is 143 Å². The SMILES string of the molecule is CC/C=C\C/C=C\C/C=C\COC(=O)CCN(CCOC(=O)CC1NC(=O)C(CC(=O)OCCN(CCC(=O)OC/C=C\C/C=C\C/C=C\CC)CCC(=O)OC/C=C\C/C=C\C/C=C\CC)NC1=O)CCC(=O)OC/C=C\C/C=C\C/C=C\CC. The minimum atomic E-state index is -1.27. The van der Waals surface area contributed by atoms with Crippen molar-refractivity contribution in [1.29, 1.82) is 0 Å². The number of hydrogen-bond donors (Lipinski definition) is 2. The molecule has 2 N–H and O–H groups in total. The summed E-state index contributed by atoms with van der Waals surface area (Å²) in [5, 5.41) is 4.98. The third-order valence-electron chi connectivity index (χ3n) is 12.4. The summed E-state index contributed by atoms with van der Waals surface area (Å²) in [5.74, 6) is -4.76. The molecular weight excluding hydrogens is 1100 g/mol. The van der Waals surface area contributed by atoms with E-state index in [1.54, 1.807) is 34.1 Å². The van der Waals surface area contributed by atoms with Gasteiger partial charge < -0.3 is 39.1 Å². The van der Waals surface area contributed by atoms with Gasteiger partial charge in [-0.05, 0) is 77.0 Å². The molecule has 0 aliphatic carbocycles. The van der Waals surface area contributed by atoms with Gasteiger partial charge in [0.2, 0.25) is 11.8 Å². The monoisotopic (exact) mass is 1200 g/mol.